The number of anilines is 1. The average Bonchev–Trinajstić information content (AvgIpc) is 3.23. The van der Waals surface area contributed by atoms with Crippen LogP contribution in [0.25, 0.3) is 22.2 Å². The highest BCUT2D eigenvalue weighted by Crippen LogP contribution is 2.26. The summed E-state index contributed by atoms with van der Waals surface area (Å²) in [6, 6.07) is 25.8. The smallest absolute Gasteiger partial charge is 0.216 e. The third kappa shape index (κ3) is 4.69. The summed E-state index contributed by atoms with van der Waals surface area (Å²) in [6.07, 6.45) is 1.50. The molecule has 32 heavy (non-hydrogen) atoms. The molecule has 0 amide bonds. The van der Waals surface area contributed by atoms with Gasteiger partial charge < -0.3 is 9.88 Å². The molecule has 1 fully saturated rings. The Morgan fingerprint density at radius 2 is 1.59 bits per heavy atom. The molecule has 4 aromatic rings. The zero-order valence-corrected chi connectivity index (χ0v) is 18.6. The van der Waals surface area contributed by atoms with Gasteiger partial charge in [0.15, 0.2) is 0 Å². The maximum atomic E-state index is 12.5. The van der Waals surface area contributed by atoms with Crippen LogP contribution in [-0.4, -0.2) is 37.5 Å². The molecule has 7 heteroatoms. The molecule has 2 heterocycles. The second kappa shape index (κ2) is 8.76. The fourth-order valence-electron chi connectivity index (χ4n) is 4.25. The van der Waals surface area contributed by atoms with Crippen molar-refractivity contribution in [3.63, 3.8) is 0 Å². The molecule has 164 valence electrons. The third-order valence-electron chi connectivity index (χ3n) is 5.92. The quantitative estimate of drug-likeness (QED) is 0.462. The van der Waals surface area contributed by atoms with Crippen molar-refractivity contribution in [2.45, 2.75) is 24.6 Å². The standard InChI is InChI=1S/C25H26N4O2S/c30-32(31,18-19-7-3-1-4-8-19)28-22-13-15-29(16-14-22)25-26-23-12-11-21(17-24(23)27-25)20-9-5-2-6-10-20/h1-12,17,22,28H,13-16,18H2,(H,26,27). The summed E-state index contributed by atoms with van der Waals surface area (Å²) in [5.74, 6) is 0.859. The maximum absolute atomic E-state index is 12.5. The summed E-state index contributed by atoms with van der Waals surface area (Å²) in [5, 5.41) is 0. The van der Waals surface area contributed by atoms with Gasteiger partial charge in [-0.25, -0.2) is 18.1 Å². The molecule has 0 aliphatic carbocycles. The van der Waals surface area contributed by atoms with Crippen LogP contribution in [0.5, 0.6) is 0 Å². The van der Waals surface area contributed by atoms with Crippen molar-refractivity contribution >= 4 is 27.0 Å². The number of aromatic nitrogens is 2. The zero-order chi connectivity index (χ0) is 22.0. The molecule has 0 atom stereocenters. The molecule has 2 N–H and O–H groups in total. The van der Waals surface area contributed by atoms with Crippen molar-refractivity contribution < 1.29 is 8.42 Å². The van der Waals surface area contributed by atoms with Gasteiger partial charge in [-0.3, -0.25) is 0 Å². The Bertz CT molecular complexity index is 1300. The number of rotatable bonds is 6. The van der Waals surface area contributed by atoms with Crippen LogP contribution >= 0.6 is 0 Å². The van der Waals surface area contributed by atoms with Crippen LogP contribution in [0.4, 0.5) is 5.95 Å². The highest BCUT2D eigenvalue weighted by molar-refractivity contribution is 7.88. The molecule has 3 aromatic carbocycles. The Hall–Kier alpha value is -3.16. The van der Waals surface area contributed by atoms with Crippen LogP contribution in [0.3, 0.4) is 0 Å². The lowest BCUT2D eigenvalue weighted by atomic mass is 10.1. The number of H-pyrrole nitrogens is 1. The van der Waals surface area contributed by atoms with Crippen LogP contribution < -0.4 is 9.62 Å². The SMILES string of the molecule is O=S(=O)(Cc1ccccc1)NC1CCN(c2nc3ccc(-c4ccccc4)cc3[nH]2)CC1. The summed E-state index contributed by atoms with van der Waals surface area (Å²) in [6.45, 7) is 1.51. The summed E-state index contributed by atoms with van der Waals surface area (Å²) in [4.78, 5) is 10.4. The van der Waals surface area contributed by atoms with Crippen molar-refractivity contribution in [1.82, 2.24) is 14.7 Å². The summed E-state index contributed by atoms with van der Waals surface area (Å²) in [7, 11) is -3.36. The minimum Gasteiger partial charge on any atom is -0.342 e. The normalized spacial score (nSPS) is 15.3. The van der Waals surface area contributed by atoms with Crippen LogP contribution in [0, 0.1) is 0 Å². The Kier molecular flexibility index (Phi) is 5.68. The first-order valence-corrected chi connectivity index (χ1v) is 12.5. The molecule has 0 unspecified atom stereocenters. The summed E-state index contributed by atoms with van der Waals surface area (Å²) in [5.41, 5.74) is 5.07. The number of piperidine rings is 1. The van der Waals surface area contributed by atoms with Crippen molar-refractivity contribution in [1.29, 1.82) is 0 Å². The van der Waals surface area contributed by atoms with Crippen LogP contribution in [0.15, 0.2) is 78.9 Å². The number of nitrogens with zero attached hydrogens (tertiary/aromatic N) is 2. The molecule has 1 aromatic heterocycles. The van der Waals surface area contributed by atoms with E-state index < -0.39 is 10.0 Å². The Morgan fingerprint density at radius 1 is 0.906 bits per heavy atom. The van der Waals surface area contributed by atoms with Gasteiger partial charge in [0.2, 0.25) is 16.0 Å². The van der Waals surface area contributed by atoms with E-state index in [0.717, 1.165) is 54.0 Å². The number of nitrogens with one attached hydrogen (secondary N) is 2. The number of fused-ring (bicyclic) bond motifs is 1. The average molecular weight is 447 g/mol. The molecule has 0 spiro atoms. The van der Waals surface area contributed by atoms with Gasteiger partial charge in [-0.2, -0.15) is 0 Å². The van der Waals surface area contributed by atoms with Gasteiger partial charge in [0.25, 0.3) is 0 Å². The summed E-state index contributed by atoms with van der Waals surface area (Å²) < 4.78 is 28.0. The van der Waals surface area contributed by atoms with Gasteiger partial charge >= 0.3 is 0 Å². The fraction of sp³-hybridized carbons (Fsp3) is 0.240. The van der Waals surface area contributed by atoms with Crippen molar-refractivity contribution in [2.24, 2.45) is 0 Å². The van der Waals surface area contributed by atoms with Gasteiger partial charge in [-0.15, -0.1) is 0 Å². The molecule has 1 aliphatic rings. The largest absolute Gasteiger partial charge is 0.342 e. The van der Waals surface area contributed by atoms with E-state index in [1.54, 1.807) is 0 Å². The topological polar surface area (TPSA) is 78.1 Å². The van der Waals surface area contributed by atoms with Gasteiger partial charge in [0.05, 0.1) is 16.8 Å². The first kappa shape index (κ1) is 20.7. The van der Waals surface area contributed by atoms with E-state index in [4.69, 9.17) is 4.98 Å². The van der Waals surface area contributed by atoms with Crippen molar-refractivity contribution in [2.75, 3.05) is 18.0 Å². The molecule has 0 bridgehead atoms. The van der Waals surface area contributed by atoms with E-state index in [9.17, 15) is 8.42 Å². The second-order valence-corrected chi connectivity index (χ2v) is 10.0. The van der Waals surface area contributed by atoms with Gasteiger partial charge in [0.1, 0.15) is 0 Å². The van der Waals surface area contributed by atoms with Gasteiger partial charge in [0, 0.05) is 19.1 Å². The lowest BCUT2D eigenvalue weighted by Gasteiger charge is -2.32. The van der Waals surface area contributed by atoms with E-state index >= 15 is 0 Å². The zero-order valence-electron chi connectivity index (χ0n) is 17.7. The molecule has 0 saturated carbocycles. The van der Waals surface area contributed by atoms with Crippen LogP contribution in [-0.2, 0) is 15.8 Å². The maximum Gasteiger partial charge on any atom is 0.216 e. The highest BCUT2D eigenvalue weighted by atomic mass is 32.2. The van der Waals surface area contributed by atoms with Gasteiger partial charge in [-0.05, 0) is 41.7 Å². The third-order valence-corrected chi connectivity index (χ3v) is 7.32. The molecule has 0 radical (unpaired) electrons. The molecule has 1 aliphatic heterocycles. The molecule has 1 saturated heterocycles. The number of benzene rings is 3. The van der Waals surface area contributed by atoms with E-state index in [0.29, 0.717) is 0 Å². The first-order valence-electron chi connectivity index (χ1n) is 10.9. The fourth-order valence-corrected chi connectivity index (χ4v) is 5.71. The Labute approximate surface area is 188 Å². The minimum atomic E-state index is -3.36. The number of hydrogen-bond donors (Lipinski definition) is 2. The van der Waals surface area contributed by atoms with E-state index in [-0.39, 0.29) is 11.8 Å². The van der Waals surface area contributed by atoms with Gasteiger partial charge in [-0.1, -0.05) is 66.7 Å². The first-order chi connectivity index (χ1) is 15.6. The van der Waals surface area contributed by atoms with E-state index in [1.165, 1.54) is 5.56 Å². The summed E-state index contributed by atoms with van der Waals surface area (Å²) >= 11 is 0. The molecule has 6 nitrogen and oxygen atoms in total. The van der Waals surface area contributed by atoms with E-state index in [2.05, 4.69) is 38.9 Å². The lowest BCUT2D eigenvalue weighted by Crippen LogP contribution is -2.45. The number of hydrogen-bond acceptors (Lipinski definition) is 4. The molecule has 5 rings (SSSR count). The van der Waals surface area contributed by atoms with Crippen LogP contribution in [0.1, 0.15) is 18.4 Å². The van der Waals surface area contributed by atoms with Crippen molar-refractivity contribution in [3.8, 4) is 11.1 Å². The molecular weight excluding hydrogens is 420 g/mol. The predicted octanol–water partition coefficient (Wildman–Crippen LogP) is 4.32. The Morgan fingerprint density at radius 3 is 2.31 bits per heavy atom. The number of aromatic amines is 1. The predicted molar refractivity (Wildman–Crippen MR) is 129 cm³/mol. The lowest BCUT2D eigenvalue weighted by molar-refractivity contribution is 0.457. The molecular formula is C25H26N4O2S. The number of imidazole rings is 1. The van der Waals surface area contributed by atoms with Crippen molar-refractivity contribution in [3.05, 3.63) is 84.4 Å². The minimum absolute atomic E-state index is 0.0153. The Balaban J connectivity index is 1.23. The van der Waals surface area contributed by atoms with Crippen LogP contribution in [0.2, 0.25) is 0 Å². The monoisotopic (exact) mass is 446 g/mol. The second-order valence-electron chi connectivity index (χ2n) is 8.28. The highest BCUT2D eigenvalue weighted by Gasteiger charge is 2.25. The number of sulfonamides is 1. The van der Waals surface area contributed by atoms with E-state index in [1.807, 2.05) is 54.6 Å².